The number of hydrogen-bond acceptors (Lipinski definition) is 8. The summed E-state index contributed by atoms with van der Waals surface area (Å²) in [5.41, 5.74) is 2.18. The Kier molecular flexibility index (Phi) is 7.63. The van der Waals surface area contributed by atoms with E-state index in [1.54, 1.807) is 74.6 Å². The SMILES string of the molecule is Cc1nn2cccnc2c1C(=O)N[C@@H](C)c1nc2cccc(C#Cc3cnn(C)c3)c2c(=O)n1CCS(=O)(=O)N(C)C. The van der Waals surface area contributed by atoms with Crippen molar-refractivity contribution >= 4 is 32.5 Å². The fourth-order valence-corrected chi connectivity index (χ4v) is 5.32. The molecule has 1 amide bonds. The molecule has 0 aliphatic carbocycles. The van der Waals surface area contributed by atoms with Gasteiger partial charge in [-0.05, 0) is 32.0 Å². The molecule has 0 fully saturated rings. The number of nitrogens with one attached hydrogen (secondary N) is 1. The number of amides is 1. The fraction of sp³-hybridized carbons (Fsp3) is 0.286. The summed E-state index contributed by atoms with van der Waals surface area (Å²) in [5, 5.41) is 11.6. The summed E-state index contributed by atoms with van der Waals surface area (Å²) in [5.74, 6) is 5.44. The van der Waals surface area contributed by atoms with Gasteiger partial charge in [-0.2, -0.15) is 10.2 Å². The third-order valence-corrected chi connectivity index (χ3v) is 8.53. The van der Waals surface area contributed by atoms with Crippen LogP contribution in [0, 0.1) is 18.8 Å². The Morgan fingerprint density at radius 3 is 2.69 bits per heavy atom. The van der Waals surface area contributed by atoms with E-state index in [-0.39, 0.29) is 23.5 Å². The molecule has 0 aliphatic heterocycles. The van der Waals surface area contributed by atoms with Gasteiger partial charge >= 0.3 is 0 Å². The predicted octanol–water partition coefficient (Wildman–Crippen LogP) is 1.26. The van der Waals surface area contributed by atoms with Crippen LogP contribution in [0.5, 0.6) is 0 Å². The lowest BCUT2D eigenvalue weighted by Gasteiger charge is -2.20. The monoisotopic (exact) mass is 587 g/mol. The molecule has 4 heterocycles. The summed E-state index contributed by atoms with van der Waals surface area (Å²) in [6.45, 7) is 3.21. The van der Waals surface area contributed by atoms with Gasteiger partial charge < -0.3 is 5.32 Å². The van der Waals surface area contributed by atoms with E-state index in [2.05, 4.69) is 32.3 Å². The van der Waals surface area contributed by atoms with Gasteiger partial charge in [-0.3, -0.25) is 18.8 Å². The molecule has 5 aromatic rings. The zero-order valence-corrected chi connectivity index (χ0v) is 24.5. The highest BCUT2D eigenvalue weighted by atomic mass is 32.2. The number of carbonyl (C=O) groups excluding carboxylic acids is 1. The lowest BCUT2D eigenvalue weighted by Crippen LogP contribution is -2.36. The van der Waals surface area contributed by atoms with Crippen LogP contribution in [0.25, 0.3) is 16.6 Å². The zero-order valence-electron chi connectivity index (χ0n) is 23.7. The maximum Gasteiger partial charge on any atom is 0.262 e. The molecule has 0 radical (unpaired) electrons. The Labute approximate surface area is 241 Å². The van der Waals surface area contributed by atoms with Gasteiger partial charge in [0.25, 0.3) is 11.5 Å². The summed E-state index contributed by atoms with van der Waals surface area (Å²) in [6.07, 6.45) is 6.63. The van der Waals surface area contributed by atoms with Gasteiger partial charge in [-0.25, -0.2) is 27.2 Å². The number of carbonyl (C=O) groups is 1. The number of benzene rings is 1. The standard InChI is InChI=1S/C28H29N9O4S/c1-18-23(26-29-12-7-13-37(26)33-18)27(38)31-19(2)25-32-22-9-6-8-21(11-10-20-16-30-35(5)17-20)24(22)28(39)36(25)14-15-42(40,41)34(3)4/h6-9,12-13,16-17,19H,14-15H2,1-5H3,(H,31,38)/t19-/m0/s1. The quantitative estimate of drug-likeness (QED) is 0.280. The first-order chi connectivity index (χ1) is 20.0. The smallest absolute Gasteiger partial charge is 0.262 e. The molecule has 216 valence electrons. The minimum Gasteiger partial charge on any atom is -0.342 e. The summed E-state index contributed by atoms with van der Waals surface area (Å²) in [6, 6.07) is 6.06. The van der Waals surface area contributed by atoms with Crippen LogP contribution in [0.3, 0.4) is 0 Å². The highest BCUT2D eigenvalue weighted by Gasteiger charge is 2.25. The second-order valence-electron chi connectivity index (χ2n) is 9.92. The van der Waals surface area contributed by atoms with Gasteiger partial charge in [-0.15, -0.1) is 0 Å². The van der Waals surface area contributed by atoms with Crippen molar-refractivity contribution in [1.82, 2.24) is 43.6 Å². The molecule has 0 unspecified atom stereocenters. The first-order valence-corrected chi connectivity index (χ1v) is 14.6. The Balaban J connectivity index is 1.60. The average Bonchev–Trinajstić information content (AvgIpc) is 3.52. The van der Waals surface area contributed by atoms with E-state index in [9.17, 15) is 18.0 Å². The van der Waals surface area contributed by atoms with Crippen LogP contribution in [-0.4, -0.2) is 72.4 Å². The first-order valence-electron chi connectivity index (χ1n) is 13.0. The van der Waals surface area contributed by atoms with E-state index in [4.69, 9.17) is 4.98 Å². The van der Waals surface area contributed by atoms with E-state index in [0.29, 0.717) is 33.5 Å². The number of sulfonamides is 1. The number of hydrogen-bond donors (Lipinski definition) is 1. The van der Waals surface area contributed by atoms with Gasteiger partial charge in [0.15, 0.2) is 5.65 Å². The van der Waals surface area contributed by atoms with Crippen molar-refractivity contribution in [3.63, 3.8) is 0 Å². The molecular formula is C28H29N9O4S. The van der Waals surface area contributed by atoms with Crippen LogP contribution in [0.15, 0.2) is 53.8 Å². The summed E-state index contributed by atoms with van der Waals surface area (Å²) >= 11 is 0. The van der Waals surface area contributed by atoms with Crippen LogP contribution in [-0.2, 0) is 23.6 Å². The van der Waals surface area contributed by atoms with Gasteiger partial charge in [0.2, 0.25) is 10.0 Å². The normalized spacial score (nSPS) is 12.4. The minimum absolute atomic E-state index is 0.181. The molecule has 14 heteroatoms. The van der Waals surface area contributed by atoms with Crippen molar-refractivity contribution in [2.75, 3.05) is 19.8 Å². The molecular weight excluding hydrogens is 558 g/mol. The van der Waals surface area contributed by atoms with Crippen molar-refractivity contribution in [2.45, 2.75) is 26.4 Å². The molecule has 1 aromatic carbocycles. The molecule has 5 rings (SSSR count). The zero-order chi connectivity index (χ0) is 30.2. The maximum atomic E-state index is 14.0. The third kappa shape index (κ3) is 5.52. The van der Waals surface area contributed by atoms with E-state index >= 15 is 0 Å². The largest absolute Gasteiger partial charge is 0.342 e. The number of fused-ring (bicyclic) bond motifs is 2. The van der Waals surface area contributed by atoms with Crippen LogP contribution >= 0.6 is 0 Å². The lowest BCUT2D eigenvalue weighted by atomic mass is 10.1. The molecule has 4 aromatic heterocycles. The Bertz CT molecular complexity index is 2060. The lowest BCUT2D eigenvalue weighted by molar-refractivity contribution is 0.0938. The maximum absolute atomic E-state index is 14.0. The predicted molar refractivity (Wildman–Crippen MR) is 156 cm³/mol. The minimum atomic E-state index is -3.65. The van der Waals surface area contributed by atoms with Crippen LogP contribution in [0.4, 0.5) is 0 Å². The molecule has 0 saturated carbocycles. The van der Waals surface area contributed by atoms with E-state index < -0.39 is 27.5 Å². The fourth-order valence-electron chi connectivity index (χ4n) is 4.54. The second kappa shape index (κ2) is 11.2. The molecule has 42 heavy (non-hydrogen) atoms. The van der Waals surface area contributed by atoms with Crippen molar-refractivity contribution in [3.05, 3.63) is 87.6 Å². The van der Waals surface area contributed by atoms with Crippen molar-refractivity contribution in [1.29, 1.82) is 0 Å². The molecule has 0 spiro atoms. The third-order valence-electron chi connectivity index (χ3n) is 6.72. The van der Waals surface area contributed by atoms with E-state index in [0.717, 1.165) is 4.31 Å². The Morgan fingerprint density at radius 1 is 1.19 bits per heavy atom. The molecule has 13 nitrogen and oxygen atoms in total. The molecule has 1 atom stereocenters. The Hall–Kier alpha value is -4.87. The van der Waals surface area contributed by atoms with Crippen molar-refractivity contribution < 1.29 is 13.2 Å². The highest BCUT2D eigenvalue weighted by molar-refractivity contribution is 7.89. The average molecular weight is 588 g/mol. The van der Waals surface area contributed by atoms with Gasteiger partial charge in [0.1, 0.15) is 11.4 Å². The van der Waals surface area contributed by atoms with Gasteiger partial charge in [0.05, 0.1) is 40.2 Å². The molecule has 0 saturated heterocycles. The summed E-state index contributed by atoms with van der Waals surface area (Å²) in [7, 11) is 0.990. The number of rotatable bonds is 7. The first kappa shape index (κ1) is 28.7. The molecule has 1 N–H and O–H groups in total. The van der Waals surface area contributed by atoms with E-state index in [1.807, 2.05) is 0 Å². The second-order valence-corrected chi connectivity index (χ2v) is 12.2. The molecule has 0 aliphatic rings. The number of nitrogens with zero attached hydrogens (tertiary/aromatic N) is 8. The molecule has 0 bridgehead atoms. The van der Waals surface area contributed by atoms with Crippen molar-refractivity contribution in [3.8, 4) is 11.8 Å². The van der Waals surface area contributed by atoms with Crippen LogP contribution in [0.2, 0.25) is 0 Å². The van der Waals surface area contributed by atoms with Crippen LogP contribution < -0.4 is 10.9 Å². The van der Waals surface area contributed by atoms with Crippen LogP contribution in [0.1, 0.15) is 46.0 Å². The Morgan fingerprint density at radius 2 is 1.98 bits per heavy atom. The number of aryl methyl sites for hydroxylation is 2. The van der Waals surface area contributed by atoms with E-state index in [1.165, 1.54) is 23.2 Å². The van der Waals surface area contributed by atoms with Gasteiger partial charge in [-0.1, -0.05) is 17.9 Å². The summed E-state index contributed by atoms with van der Waals surface area (Å²) in [4.78, 5) is 36.5. The highest BCUT2D eigenvalue weighted by Crippen LogP contribution is 2.19. The van der Waals surface area contributed by atoms with Crippen molar-refractivity contribution in [2.24, 2.45) is 7.05 Å². The summed E-state index contributed by atoms with van der Waals surface area (Å²) < 4.78 is 30.8. The van der Waals surface area contributed by atoms with Gasteiger partial charge in [0, 0.05) is 51.8 Å². The number of aromatic nitrogens is 7. The topological polar surface area (TPSA) is 149 Å².